The van der Waals surface area contributed by atoms with E-state index in [2.05, 4.69) is 18.7 Å². The van der Waals surface area contributed by atoms with Crippen molar-refractivity contribution in [2.45, 2.75) is 45.3 Å². The van der Waals surface area contributed by atoms with Gasteiger partial charge in [-0.05, 0) is 40.2 Å². The second-order valence-electron chi connectivity index (χ2n) is 4.64. The van der Waals surface area contributed by atoms with Crippen molar-refractivity contribution in [2.75, 3.05) is 19.7 Å². The summed E-state index contributed by atoms with van der Waals surface area (Å²) >= 11 is 0. The highest BCUT2D eigenvalue weighted by molar-refractivity contribution is 5.72. The maximum absolute atomic E-state index is 10.9. The lowest BCUT2D eigenvalue weighted by Gasteiger charge is -2.33. The molecule has 0 spiro atoms. The predicted octanol–water partition coefficient (Wildman–Crippen LogP) is 1.35. The number of carbonyl (C=O) groups is 1. The first-order chi connectivity index (χ1) is 6.97. The number of ether oxygens (including phenoxy) is 1. The molecule has 0 aliphatic carbocycles. The third-order valence-corrected chi connectivity index (χ3v) is 3.10. The predicted molar refractivity (Wildman–Crippen MR) is 57.9 cm³/mol. The van der Waals surface area contributed by atoms with Gasteiger partial charge in [-0.25, -0.2) is 4.79 Å². The molecule has 1 aliphatic rings. The fourth-order valence-electron chi connectivity index (χ4n) is 2.11. The first-order valence-corrected chi connectivity index (χ1v) is 5.57. The highest BCUT2D eigenvalue weighted by Crippen LogP contribution is 2.28. The number of rotatable bonds is 5. The van der Waals surface area contributed by atoms with E-state index in [0.717, 1.165) is 19.4 Å². The van der Waals surface area contributed by atoms with Crippen molar-refractivity contribution in [1.82, 2.24) is 4.90 Å². The second-order valence-corrected chi connectivity index (χ2v) is 4.64. The van der Waals surface area contributed by atoms with Crippen LogP contribution >= 0.6 is 0 Å². The van der Waals surface area contributed by atoms with E-state index in [-0.39, 0.29) is 5.54 Å². The van der Waals surface area contributed by atoms with E-state index in [1.54, 1.807) is 0 Å². The van der Waals surface area contributed by atoms with Crippen molar-refractivity contribution in [3.05, 3.63) is 0 Å². The Morgan fingerprint density at radius 2 is 2.27 bits per heavy atom. The topological polar surface area (TPSA) is 49.8 Å². The molecule has 1 aliphatic heterocycles. The summed E-state index contributed by atoms with van der Waals surface area (Å²) in [6.45, 7) is 8.06. The Morgan fingerprint density at radius 3 is 2.67 bits per heavy atom. The first kappa shape index (κ1) is 12.5. The van der Waals surface area contributed by atoms with E-state index in [0.29, 0.717) is 13.2 Å². The van der Waals surface area contributed by atoms with Crippen LogP contribution in [-0.2, 0) is 9.53 Å². The number of carboxylic acids is 1. The lowest BCUT2D eigenvalue weighted by molar-refractivity contribution is -0.151. The van der Waals surface area contributed by atoms with Crippen LogP contribution in [0.1, 0.15) is 33.6 Å². The molecule has 0 aromatic heterocycles. The van der Waals surface area contributed by atoms with Crippen molar-refractivity contribution in [3.8, 4) is 0 Å². The summed E-state index contributed by atoms with van der Waals surface area (Å²) in [4.78, 5) is 13.1. The van der Waals surface area contributed by atoms with Crippen LogP contribution in [0.4, 0.5) is 0 Å². The van der Waals surface area contributed by atoms with Crippen LogP contribution in [0.15, 0.2) is 0 Å². The van der Waals surface area contributed by atoms with E-state index in [1.807, 2.05) is 6.92 Å². The number of hydrogen-bond donors (Lipinski definition) is 1. The molecule has 1 atom stereocenters. The van der Waals surface area contributed by atoms with Crippen LogP contribution < -0.4 is 0 Å². The molecule has 1 rings (SSSR count). The highest BCUT2D eigenvalue weighted by atomic mass is 16.5. The Hall–Kier alpha value is -0.610. The summed E-state index contributed by atoms with van der Waals surface area (Å²) in [6, 6.07) is 0. The normalized spacial score (nSPS) is 22.9. The van der Waals surface area contributed by atoms with Gasteiger partial charge in [0.25, 0.3) is 0 Å². The van der Waals surface area contributed by atoms with Crippen LogP contribution in [0.5, 0.6) is 0 Å². The standard InChI is InChI=1S/C11H21NO3/c1-4-15-9(10(13)14)8-12-7-5-6-11(12,2)3/h9H,4-8H2,1-3H3,(H,13,14). The summed E-state index contributed by atoms with van der Waals surface area (Å²) in [5.74, 6) is -0.862. The average molecular weight is 215 g/mol. The fraction of sp³-hybridized carbons (Fsp3) is 0.909. The van der Waals surface area contributed by atoms with Gasteiger partial charge in [-0.1, -0.05) is 0 Å². The van der Waals surface area contributed by atoms with E-state index < -0.39 is 12.1 Å². The smallest absolute Gasteiger partial charge is 0.334 e. The van der Waals surface area contributed by atoms with Gasteiger partial charge in [0.05, 0.1) is 0 Å². The fourth-order valence-corrected chi connectivity index (χ4v) is 2.11. The first-order valence-electron chi connectivity index (χ1n) is 5.57. The molecule has 0 aromatic carbocycles. The van der Waals surface area contributed by atoms with Gasteiger partial charge >= 0.3 is 5.97 Å². The van der Waals surface area contributed by atoms with Gasteiger partial charge in [-0.15, -0.1) is 0 Å². The van der Waals surface area contributed by atoms with Gasteiger partial charge in [0.15, 0.2) is 6.10 Å². The lowest BCUT2D eigenvalue weighted by atomic mass is 10.0. The summed E-state index contributed by atoms with van der Waals surface area (Å²) in [7, 11) is 0. The number of aliphatic carboxylic acids is 1. The van der Waals surface area contributed by atoms with Gasteiger partial charge in [0, 0.05) is 18.7 Å². The Labute approximate surface area is 91.2 Å². The largest absolute Gasteiger partial charge is 0.479 e. The molecule has 0 radical (unpaired) electrons. The molecule has 1 unspecified atom stereocenters. The van der Waals surface area contributed by atoms with Crippen molar-refractivity contribution in [2.24, 2.45) is 0 Å². The molecule has 88 valence electrons. The molecular formula is C11H21NO3. The Kier molecular flexibility index (Phi) is 4.11. The summed E-state index contributed by atoms with van der Waals surface area (Å²) in [5.41, 5.74) is 0.116. The van der Waals surface area contributed by atoms with Crippen LogP contribution in [0.2, 0.25) is 0 Å². The average Bonchev–Trinajstić information content (AvgIpc) is 2.45. The highest BCUT2D eigenvalue weighted by Gasteiger charge is 2.34. The van der Waals surface area contributed by atoms with Gasteiger partial charge in [0.2, 0.25) is 0 Å². The minimum absolute atomic E-state index is 0.116. The minimum Gasteiger partial charge on any atom is -0.479 e. The molecule has 1 fully saturated rings. The number of carboxylic acid groups (broad SMARTS) is 1. The van der Waals surface area contributed by atoms with E-state index in [4.69, 9.17) is 9.84 Å². The molecule has 0 amide bonds. The molecule has 1 saturated heterocycles. The summed E-state index contributed by atoms with van der Waals surface area (Å²) < 4.78 is 5.22. The number of likely N-dealkylation sites (tertiary alicyclic amines) is 1. The molecule has 0 bridgehead atoms. The monoisotopic (exact) mass is 215 g/mol. The lowest BCUT2D eigenvalue weighted by Crippen LogP contribution is -2.45. The van der Waals surface area contributed by atoms with Crippen molar-refractivity contribution in [3.63, 3.8) is 0 Å². The SMILES string of the molecule is CCOC(CN1CCCC1(C)C)C(=O)O. The Morgan fingerprint density at radius 1 is 1.60 bits per heavy atom. The van der Waals surface area contributed by atoms with Crippen LogP contribution in [0.3, 0.4) is 0 Å². The van der Waals surface area contributed by atoms with E-state index >= 15 is 0 Å². The third kappa shape index (κ3) is 3.18. The van der Waals surface area contributed by atoms with Crippen molar-refractivity contribution >= 4 is 5.97 Å². The minimum atomic E-state index is -0.862. The maximum atomic E-state index is 10.9. The molecule has 4 nitrogen and oxygen atoms in total. The number of hydrogen-bond acceptors (Lipinski definition) is 3. The molecule has 1 heterocycles. The van der Waals surface area contributed by atoms with Gasteiger partial charge in [-0.3, -0.25) is 4.90 Å². The molecule has 0 saturated carbocycles. The third-order valence-electron chi connectivity index (χ3n) is 3.10. The van der Waals surface area contributed by atoms with Crippen LogP contribution in [0, 0.1) is 0 Å². The number of nitrogens with zero attached hydrogens (tertiary/aromatic N) is 1. The molecule has 0 aromatic rings. The Balaban J connectivity index is 2.54. The molecular weight excluding hydrogens is 194 g/mol. The van der Waals surface area contributed by atoms with Crippen molar-refractivity contribution < 1.29 is 14.6 Å². The Bertz CT molecular complexity index is 228. The van der Waals surface area contributed by atoms with E-state index in [9.17, 15) is 4.79 Å². The second kappa shape index (κ2) is 4.94. The molecule has 15 heavy (non-hydrogen) atoms. The van der Waals surface area contributed by atoms with E-state index in [1.165, 1.54) is 0 Å². The van der Waals surface area contributed by atoms with Gasteiger partial charge < -0.3 is 9.84 Å². The van der Waals surface area contributed by atoms with Gasteiger partial charge in [0.1, 0.15) is 0 Å². The zero-order valence-corrected chi connectivity index (χ0v) is 9.82. The zero-order chi connectivity index (χ0) is 11.5. The zero-order valence-electron chi connectivity index (χ0n) is 9.82. The molecule has 4 heteroatoms. The summed E-state index contributed by atoms with van der Waals surface area (Å²) in [6.07, 6.45) is 1.59. The quantitative estimate of drug-likeness (QED) is 0.752. The van der Waals surface area contributed by atoms with Crippen molar-refractivity contribution in [1.29, 1.82) is 0 Å². The van der Waals surface area contributed by atoms with Crippen LogP contribution in [-0.4, -0.2) is 47.3 Å². The van der Waals surface area contributed by atoms with Crippen LogP contribution in [0.25, 0.3) is 0 Å². The molecule has 1 N–H and O–H groups in total. The maximum Gasteiger partial charge on any atom is 0.334 e. The van der Waals surface area contributed by atoms with Gasteiger partial charge in [-0.2, -0.15) is 0 Å². The summed E-state index contributed by atoms with van der Waals surface area (Å²) in [5, 5.41) is 8.98.